The molecule has 1 aromatic carbocycles. The molecule has 0 amide bonds. The first-order chi connectivity index (χ1) is 8.65. The fraction of sp³-hybridized carbons (Fsp3) is 0.154. The Morgan fingerprint density at radius 2 is 2.17 bits per heavy atom. The maximum Gasteiger partial charge on any atom is 0.193 e. The summed E-state index contributed by atoms with van der Waals surface area (Å²) in [5.41, 5.74) is 3.26. The Labute approximate surface area is 103 Å². The second-order valence-electron chi connectivity index (χ2n) is 4.27. The second kappa shape index (κ2) is 3.97. The summed E-state index contributed by atoms with van der Waals surface area (Å²) >= 11 is 0. The molecule has 0 spiro atoms. The molecule has 0 atom stereocenters. The van der Waals surface area contributed by atoms with Gasteiger partial charge in [0.2, 0.25) is 0 Å². The number of aliphatic hydroxyl groups excluding tert-OH is 1. The summed E-state index contributed by atoms with van der Waals surface area (Å²) in [6, 6.07) is 7.58. The molecule has 3 rings (SSSR count). The van der Waals surface area contributed by atoms with Gasteiger partial charge in [-0.25, -0.2) is 0 Å². The van der Waals surface area contributed by atoms with E-state index < -0.39 is 6.29 Å². The number of nitrogens with one attached hydrogen (secondary N) is 1. The van der Waals surface area contributed by atoms with Crippen LogP contribution >= 0.6 is 0 Å². The SMILES string of the molecule is Cn1cc(-c2cccc3cc(C(O)O)[nH]c23)cn1. The van der Waals surface area contributed by atoms with Crippen molar-refractivity contribution in [2.75, 3.05) is 0 Å². The van der Waals surface area contributed by atoms with Gasteiger partial charge in [-0.1, -0.05) is 18.2 Å². The number of para-hydroxylation sites is 1. The minimum Gasteiger partial charge on any atom is -0.363 e. The molecule has 0 aliphatic heterocycles. The number of hydrogen-bond acceptors (Lipinski definition) is 3. The molecule has 0 bridgehead atoms. The van der Waals surface area contributed by atoms with Crippen molar-refractivity contribution in [3.05, 3.63) is 42.4 Å². The largest absolute Gasteiger partial charge is 0.363 e. The van der Waals surface area contributed by atoms with Crippen LogP contribution in [0.25, 0.3) is 22.0 Å². The predicted octanol–water partition coefficient (Wildman–Crippen LogP) is 1.55. The van der Waals surface area contributed by atoms with Gasteiger partial charge in [-0.3, -0.25) is 4.68 Å². The molecule has 0 radical (unpaired) electrons. The standard InChI is InChI=1S/C13H13N3O2/c1-16-7-9(6-14-16)10-4-2-3-8-5-11(13(17)18)15-12(8)10/h2-7,13,15,17-18H,1H3. The van der Waals surface area contributed by atoms with E-state index >= 15 is 0 Å². The average molecular weight is 243 g/mol. The number of benzene rings is 1. The minimum atomic E-state index is -1.49. The van der Waals surface area contributed by atoms with Gasteiger partial charge in [0.05, 0.1) is 17.4 Å². The van der Waals surface area contributed by atoms with Crippen LogP contribution in [0.3, 0.4) is 0 Å². The number of H-pyrrole nitrogens is 1. The van der Waals surface area contributed by atoms with Gasteiger partial charge in [-0.15, -0.1) is 0 Å². The molecular formula is C13H13N3O2. The second-order valence-corrected chi connectivity index (χ2v) is 4.27. The third-order valence-electron chi connectivity index (χ3n) is 2.97. The molecule has 3 aromatic rings. The number of nitrogens with zero attached hydrogens (tertiary/aromatic N) is 2. The molecule has 0 fully saturated rings. The molecule has 2 heterocycles. The fourth-order valence-electron chi connectivity index (χ4n) is 2.12. The van der Waals surface area contributed by atoms with Gasteiger partial charge in [0.25, 0.3) is 0 Å². The van der Waals surface area contributed by atoms with E-state index in [2.05, 4.69) is 10.1 Å². The highest BCUT2D eigenvalue weighted by Gasteiger charge is 2.11. The number of aliphatic hydroxyl groups is 2. The van der Waals surface area contributed by atoms with Gasteiger partial charge in [0.15, 0.2) is 6.29 Å². The summed E-state index contributed by atoms with van der Waals surface area (Å²) in [5, 5.41) is 23.5. The van der Waals surface area contributed by atoms with Crippen molar-refractivity contribution in [2.24, 2.45) is 7.05 Å². The molecule has 0 aliphatic rings. The molecule has 5 nitrogen and oxygen atoms in total. The van der Waals surface area contributed by atoms with Crippen LogP contribution < -0.4 is 0 Å². The van der Waals surface area contributed by atoms with Crippen molar-refractivity contribution >= 4 is 10.9 Å². The van der Waals surface area contributed by atoms with E-state index in [1.165, 1.54) is 0 Å². The molecule has 0 aliphatic carbocycles. The molecule has 3 N–H and O–H groups in total. The summed E-state index contributed by atoms with van der Waals surface area (Å²) in [6.45, 7) is 0. The Bertz CT molecular complexity index is 697. The Morgan fingerprint density at radius 3 is 2.83 bits per heavy atom. The summed E-state index contributed by atoms with van der Waals surface area (Å²) in [5.74, 6) is 0. The van der Waals surface area contributed by atoms with E-state index in [1.54, 1.807) is 16.9 Å². The Hall–Kier alpha value is -2.11. The van der Waals surface area contributed by atoms with Gasteiger partial charge < -0.3 is 15.2 Å². The lowest BCUT2D eigenvalue weighted by molar-refractivity contribution is -0.0452. The molecule has 2 aromatic heterocycles. The first-order valence-electron chi connectivity index (χ1n) is 5.62. The number of fused-ring (bicyclic) bond motifs is 1. The third kappa shape index (κ3) is 1.70. The van der Waals surface area contributed by atoms with Gasteiger partial charge in [-0.2, -0.15) is 5.10 Å². The van der Waals surface area contributed by atoms with Crippen molar-refractivity contribution < 1.29 is 10.2 Å². The lowest BCUT2D eigenvalue weighted by Gasteiger charge is -2.00. The Kier molecular flexibility index (Phi) is 2.43. The molecule has 18 heavy (non-hydrogen) atoms. The van der Waals surface area contributed by atoms with Crippen molar-refractivity contribution in [1.29, 1.82) is 0 Å². The van der Waals surface area contributed by atoms with Crippen molar-refractivity contribution in [2.45, 2.75) is 6.29 Å². The van der Waals surface area contributed by atoms with Crippen molar-refractivity contribution in [3.63, 3.8) is 0 Å². The lowest BCUT2D eigenvalue weighted by atomic mass is 10.1. The van der Waals surface area contributed by atoms with Gasteiger partial charge in [-0.05, 0) is 6.07 Å². The van der Waals surface area contributed by atoms with Gasteiger partial charge in [0.1, 0.15) is 0 Å². The van der Waals surface area contributed by atoms with E-state index in [0.29, 0.717) is 5.69 Å². The monoisotopic (exact) mass is 243 g/mol. The lowest BCUT2D eigenvalue weighted by Crippen LogP contribution is -1.93. The smallest absolute Gasteiger partial charge is 0.193 e. The number of aryl methyl sites for hydroxylation is 1. The quantitative estimate of drug-likeness (QED) is 0.598. The van der Waals surface area contributed by atoms with Crippen LogP contribution in [-0.2, 0) is 7.05 Å². The molecule has 0 unspecified atom stereocenters. The first kappa shape index (κ1) is 11.0. The zero-order chi connectivity index (χ0) is 12.7. The van der Waals surface area contributed by atoms with E-state index in [-0.39, 0.29) is 0 Å². The van der Waals surface area contributed by atoms with Crippen LogP contribution in [-0.4, -0.2) is 25.0 Å². The topological polar surface area (TPSA) is 74.1 Å². The predicted molar refractivity (Wildman–Crippen MR) is 67.7 cm³/mol. The Morgan fingerprint density at radius 1 is 1.33 bits per heavy atom. The van der Waals surface area contributed by atoms with E-state index in [9.17, 15) is 10.2 Å². The van der Waals surface area contributed by atoms with Crippen LogP contribution in [0, 0.1) is 0 Å². The van der Waals surface area contributed by atoms with E-state index in [1.807, 2.05) is 31.4 Å². The molecule has 5 heteroatoms. The highest BCUT2D eigenvalue weighted by molar-refractivity contribution is 5.94. The highest BCUT2D eigenvalue weighted by atomic mass is 16.5. The minimum absolute atomic E-state index is 0.390. The van der Waals surface area contributed by atoms with Crippen molar-refractivity contribution in [3.8, 4) is 11.1 Å². The van der Waals surface area contributed by atoms with Crippen LogP contribution in [0.15, 0.2) is 36.7 Å². The normalized spacial score (nSPS) is 11.6. The van der Waals surface area contributed by atoms with Crippen LogP contribution in [0.1, 0.15) is 12.0 Å². The van der Waals surface area contributed by atoms with Gasteiger partial charge >= 0.3 is 0 Å². The first-order valence-corrected chi connectivity index (χ1v) is 5.62. The molecule has 92 valence electrons. The molecule has 0 saturated heterocycles. The molecule has 0 saturated carbocycles. The summed E-state index contributed by atoms with van der Waals surface area (Å²) in [7, 11) is 1.86. The van der Waals surface area contributed by atoms with Gasteiger partial charge in [0, 0.05) is 29.8 Å². The average Bonchev–Trinajstić information content (AvgIpc) is 2.94. The Balaban J connectivity index is 2.23. The van der Waals surface area contributed by atoms with E-state index in [0.717, 1.165) is 22.0 Å². The van der Waals surface area contributed by atoms with Crippen LogP contribution in [0.5, 0.6) is 0 Å². The number of hydrogen-bond donors (Lipinski definition) is 3. The maximum absolute atomic E-state index is 9.20. The number of aromatic amines is 1. The zero-order valence-corrected chi connectivity index (χ0v) is 9.83. The summed E-state index contributed by atoms with van der Waals surface area (Å²) < 4.78 is 1.74. The van der Waals surface area contributed by atoms with E-state index in [4.69, 9.17) is 0 Å². The fourth-order valence-corrected chi connectivity index (χ4v) is 2.12. The maximum atomic E-state index is 9.20. The summed E-state index contributed by atoms with van der Waals surface area (Å²) in [6.07, 6.45) is 2.22. The van der Waals surface area contributed by atoms with Crippen molar-refractivity contribution in [1.82, 2.24) is 14.8 Å². The summed E-state index contributed by atoms with van der Waals surface area (Å²) in [4.78, 5) is 3.03. The number of rotatable bonds is 2. The zero-order valence-electron chi connectivity index (χ0n) is 9.83. The number of aromatic nitrogens is 3. The third-order valence-corrected chi connectivity index (χ3v) is 2.97. The van der Waals surface area contributed by atoms with Crippen LogP contribution in [0.2, 0.25) is 0 Å². The highest BCUT2D eigenvalue weighted by Crippen LogP contribution is 2.29. The molecular weight excluding hydrogens is 230 g/mol. The van der Waals surface area contributed by atoms with Crippen LogP contribution in [0.4, 0.5) is 0 Å².